The second-order valence-electron chi connectivity index (χ2n) is 7.99. The molecule has 3 N–H and O–H groups in total. The van der Waals surface area contributed by atoms with Crippen molar-refractivity contribution >= 4 is 17.5 Å². The molecule has 0 aliphatic heterocycles. The summed E-state index contributed by atoms with van der Waals surface area (Å²) in [5.74, 6) is 1.36. The van der Waals surface area contributed by atoms with E-state index >= 15 is 0 Å². The first-order valence-corrected chi connectivity index (χ1v) is 9.57. The van der Waals surface area contributed by atoms with Crippen LogP contribution in [0, 0.1) is 0 Å². The monoisotopic (exact) mass is 374 g/mol. The van der Waals surface area contributed by atoms with Crippen LogP contribution in [0.25, 0.3) is 5.69 Å². The Kier molecular flexibility index (Phi) is 4.77. The molecule has 1 aliphatic carbocycles. The number of nitrogens with zero attached hydrogens (tertiary/aromatic N) is 3. The first kappa shape index (κ1) is 18.1. The van der Waals surface area contributed by atoms with Crippen molar-refractivity contribution in [1.82, 2.24) is 19.9 Å². The molecule has 2 aromatic heterocycles. The normalized spacial score (nSPS) is 13.8. The maximum absolute atomic E-state index is 4.61. The van der Waals surface area contributed by atoms with Gasteiger partial charge in [-0.05, 0) is 70.0 Å². The third kappa shape index (κ3) is 4.34. The van der Waals surface area contributed by atoms with Crippen molar-refractivity contribution in [1.29, 1.82) is 0 Å². The summed E-state index contributed by atoms with van der Waals surface area (Å²) in [6.45, 7) is 6.51. The van der Waals surface area contributed by atoms with E-state index in [-0.39, 0.29) is 5.54 Å². The molecule has 28 heavy (non-hydrogen) atoms. The van der Waals surface area contributed by atoms with Crippen LogP contribution in [-0.2, 0) is 0 Å². The van der Waals surface area contributed by atoms with Crippen molar-refractivity contribution in [2.45, 2.75) is 39.2 Å². The maximum atomic E-state index is 4.61. The van der Waals surface area contributed by atoms with Gasteiger partial charge in [-0.15, -0.1) is 0 Å². The molecule has 3 aromatic rings. The molecule has 6 heteroatoms. The highest BCUT2D eigenvalue weighted by molar-refractivity contribution is 5.59. The van der Waals surface area contributed by atoms with Crippen molar-refractivity contribution in [3.8, 4) is 5.69 Å². The highest BCUT2D eigenvalue weighted by atomic mass is 15.2. The minimum absolute atomic E-state index is 0.0613. The highest BCUT2D eigenvalue weighted by Gasteiger charge is 2.22. The lowest BCUT2D eigenvalue weighted by Crippen LogP contribution is -2.38. The molecular formula is C22H26N6. The fourth-order valence-electron chi connectivity index (χ4n) is 3.13. The predicted octanol–water partition coefficient (Wildman–Crippen LogP) is 4.82. The Labute approximate surface area is 165 Å². The lowest BCUT2D eigenvalue weighted by Gasteiger charge is -2.32. The summed E-state index contributed by atoms with van der Waals surface area (Å²) < 4.78 is 2.07. The molecular weight excluding hydrogens is 348 g/mol. The molecule has 0 fully saturated rings. The van der Waals surface area contributed by atoms with Gasteiger partial charge in [0, 0.05) is 46.9 Å². The maximum Gasteiger partial charge on any atom is 0.229 e. The third-order valence-corrected chi connectivity index (χ3v) is 4.45. The van der Waals surface area contributed by atoms with Gasteiger partial charge in [-0.25, -0.2) is 4.98 Å². The van der Waals surface area contributed by atoms with E-state index in [2.05, 4.69) is 63.4 Å². The van der Waals surface area contributed by atoms with Gasteiger partial charge in [-0.2, -0.15) is 4.98 Å². The molecule has 0 unspecified atom stereocenters. The molecule has 1 aromatic carbocycles. The first-order chi connectivity index (χ1) is 13.5. The van der Waals surface area contributed by atoms with Gasteiger partial charge in [0.2, 0.25) is 5.95 Å². The summed E-state index contributed by atoms with van der Waals surface area (Å²) >= 11 is 0. The number of anilines is 3. The Balaban J connectivity index is 1.48. The van der Waals surface area contributed by atoms with E-state index in [9.17, 15) is 0 Å². The van der Waals surface area contributed by atoms with Gasteiger partial charge in [-0.1, -0.05) is 6.07 Å². The zero-order valence-corrected chi connectivity index (χ0v) is 16.5. The SMILES string of the molecule is CC(C)(C)NC1=C(Nc2ccnc(Nc3cccc(-n4cccc4)c3)n2)CC1. The van der Waals surface area contributed by atoms with E-state index < -0.39 is 0 Å². The molecule has 4 rings (SSSR count). The smallest absolute Gasteiger partial charge is 0.229 e. The van der Waals surface area contributed by atoms with Gasteiger partial charge in [-0.3, -0.25) is 0 Å². The number of nitrogens with one attached hydrogen (secondary N) is 3. The Morgan fingerprint density at radius 3 is 2.43 bits per heavy atom. The predicted molar refractivity (Wildman–Crippen MR) is 114 cm³/mol. The lowest BCUT2D eigenvalue weighted by atomic mass is 9.97. The van der Waals surface area contributed by atoms with Crippen LogP contribution in [0.4, 0.5) is 17.5 Å². The summed E-state index contributed by atoms with van der Waals surface area (Å²) in [6.07, 6.45) is 7.92. The minimum Gasteiger partial charge on any atom is -0.382 e. The second-order valence-corrected chi connectivity index (χ2v) is 7.99. The van der Waals surface area contributed by atoms with Crippen molar-refractivity contribution < 1.29 is 0 Å². The Morgan fingerprint density at radius 1 is 0.929 bits per heavy atom. The molecule has 0 spiro atoms. The van der Waals surface area contributed by atoms with Gasteiger partial charge in [0.25, 0.3) is 0 Å². The van der Waals surface area contributed by atoms with Crippen LogP contribution in [-0.4, -0.2) is 20.1 Å². The summed E-state index contributed by atoms with van der Waals surface area (Å²) in [4.78, 5) is 8.97. The molecule has 144 valence electrons. The Bertz CT molecular complexity index is 982. The molecule has 1 aliphatic rings. The lowest BCUT2D eigenvalue weighted by molar-refractivity contribution is 0.446. The topological polar surface area (TPSA) is 66.8 Å². The van der Waals surface area contributed by atoms with Gasteiger partial charge < -0.3 is 20.5 Å². The zero-order chi connectivity index (χ0) is 19.6. The number of aromatic nitrogens is 3. The quantitative estimate of drug-likeness (QED) is 0.577. The largest absolute Gasteiger partial charge is 0.382 e. The van der Waals surface area contributed by atoms with Crippen molar-refractivity contribution in [2.75, 3.05) is 10.6 Å². The fraction of sp³-hybridized carbons (Fsp3) is 0.273. The minimum atomic E-state index is 0.0613. The molecule has 0 saturated heterocycles. The molecule has 0 bridgehead atoms. The van der Waals surface area contributed by atoms with Crippen LogP contribution < -0.4 is 16.0 Å². The summed E-state index contributed by atoms with van der Waals surface area (Å²) in [5.41, 5.74) is 4.56. The summed E-state index contributed by atoms with van der Waals surface area (Å²) in [7, 11) is 0. The van der Waals surface area contributed by atoms with E-state index in [4.69, 9.17) is 0 Å². The van der Waals surface area contributed by atoms with Crippen molar-refractivity contribution in [3.63, 3.8) is 0 Å². The standard InChI is InChI=1S/C22H26N6/c1-22(2,3)27-19-10-9-18(19)25-20-11-12-23-21(26-20)24-16-7-6-8-17(15-16)28-13-4-5-14-28/h4-8,11-15,27H,9-10H2,1-3H3,(H2,23,24,25,26). The number of rotatable bonds is 6. The zero-order valence-electron chi connectivity index (χ0n) is 16.5. The van der Waals surface area contributed by atoms with E-state index in [1.807, 2.05) is 42.7 Å². The van der Waals surface area contributed by atoms with Crippen molar-refractivity contribution in [2.24, 2.45) is 0 Å². The molecule has 0 atom stereocenters. The van der Waals surface area contributed by atoms with E-state index in [0.29, 0.717) is 5.95 Å². The highest BCUT2D eigenvalue weighted by Crippen LogP contribution is 2.28. The van der Waals surface area contributed by atoms with Crippen LogP contribution in [0.3, 0.4) is 0 Å². The number of hydrogen-bond acceptors (Lipinski definition) is 5. The van der Waals surface area contributed by atoms with Gasteiger partial charge >= 0.3 is 0 Å². The molecule has 0 saturated carbocycles. The van der Waals surface area contributed by atoms with Crippen LogP contribution >= 0.6 is 0 Å². The molecule has 2 heterocycles. The van der Waals surface area contributed by atoms with Crippen molar-refractivity contribution in [3.05, 3.63) is 72.4 Å². The first-order valence-electron chi connectivity index (χ1n) is 9.57. The Hall–Kier alpha value is -3.28. The van der Waals surface area contributed by atoms with Crippen LogP contribution in [0.2, 0.25) is 0 Å². The van der Waals surface area contributed by atoms with Crippen LogP contribution in [0.15, 0.2) is 72.4 Å². The van der Waals surface area contributed by atoms with Crippen LogP contribution in [0.1, 0.15) is 33.6 Å². The Morgan fingerprint density at radius 2 is 1.71 bits per heavy atom. The average molecular weight is 374 g/mol. The second kappa shape index (κ2) is 7.38. The summed E-state index contributed by atoms with van der Waals surface area (Å²) in [5, 5.41) is 10.3. The average Bonchev–Trinajstić information content (AvgIpc) is 3.18. The number of hydrogen-bond donors (Lipinski definition) is 3. The fourth-order valence-corrected chi connectivity index (χ4v) is 3.13. The molecule has 6 nitrogen and oxygen atoms in total. The third-order valence-electron chi connectivity index (χ3n) is 4.45. The molecule has 0 amide bonds. The van der Waals surface area contributed by atoms with E-state index in [0.717, 1.165) is 30.0 Å². The summed E-state index contributed by atoms with van der Waals surface area (Å²) in [6, 6.07) is 14.1. The molecule has 0 radical (unpaired) electrons. The van der Waals surface area contributed by atoms with Gasteiger partial charge in [0.15, 0.2) is 0 Å². The van der Waals surface area contributed by atoms with Crippen LogP contribution in [0.5, 0.6) is 0 Å². The number of allylic oxidation sites excluding steroid dienone is 2. The van der Waals surface area contributed by atoms with E-state index in [1.54, 1.807) is 6.20 Å². The van der Waals surface area contributed by atoms with Gasteiger partial charge in [0.1, 0.15) is 5.82 Å². The van der Waals surface area contributed by atoms with Gasteiger partial charge in [0.05, 0.1) is 0 Å². The number of benzene rings is 1. The van der Waals surface area contributed by atoms with E-state index in [1.165, 1.54) is 11.4 Å².